The quantitative estimate of drug-likeness (QED) is 0.157. The minimum Gasteiger partial charge on any atom is -0.410 e. The van der Waals surface area contributed by atoms with Crippen molar-refractivity contribution < 1.29 is 61.5 Å². The van der Waals surface area contributed by atoms with Crippen molar-refractivity contribution in [2.75, 3.05) is 0 Å². The summed E-state index contributed by atoms with van der Waals surface area (Å²) in [4.78, 5) is 62.7. The largest absolute Gasteiger partial charge is 0.410 e. The summed E-state index contributed by atoms with van der Waals surface area (Å²) in [6.07, 6.45) is 13.0. The zero-order chi connectivity index (χ0) is 24.8. The molecule has 3 aliphatic carbocycles. The second-order valence-corrected chi connectivity index (χ2v) is 5.84. The van der Waals surface area contributed by atoms with Gasteiger partial charge in [-0.15, -0.1) is 0 Å². The van der Waals surface area contributed by atoms with Gasteiger partial charge < -0.3 is 15.6 Å². The maximum Gasteiger partial charge on any atom is 0.207 e. The van der Waals surface area contributed by atoms with Gasteiger partial charge in [-0.2, -0.15) is 0 Å². The Balaban J connectivity index is 0.000000473. The molecule has 0 radical (unpaired) electrons. The third-order valence-corrected chi connectivity index (χ3v) is 3.68. The number of hydrogen-bond acceptors (Lipinski definition) is 12. The van der Waals surface area contributed by atoms with Crippen molar-refractivity contribution in [3.8, 4) is 0 Å². The predicted molar refractivity (Wildman–Crippen MR) is 113 cm³/mol. The maximum atomic E-state index is 10.7. The van der Waals surface area contributed by atoms with E-state index in [0.717, 1.165) is 0 Å². The van der Waals surface area contributed by atoms with Crippen LogP contribution in [0.25, 0.3) is 0 Å². The standard InChI is InChI=1S/3C7H5NO3.Fe/c3*9-4-5-1-2-7(10)6(3-5)8-11;/h3*1-4,11H;/b3*8-6-;. The SMILES string of the molecule is O=CC1=C/C(=N/O)C(=O)C=C1.O=CC1=C/C(=N/O)C(=O)C=C1.O=CC1=C/C(=N/O)C(=O)C=C1.[Fe]. The van der Waals surface area contributed by atoms with Crippen molar-refractivity contribution in [2.24, 2.45) is 15.5 Å². The molecule has 0 unspecified atom stereocenters. The molecule has 0 aliphatic heterocycles. The van der Waals surface area contributed by atoms with Crippen molar-refractivity contribution >= 4 is 53.3 Å². The molecule has 34 heavy (non-hydrogen) atoms. The first-order chi connectivity index (χ1) is 15.8. The molecule has 0 spiro atoms. The summed E-state index contributed by atoms with van der Waals surface area (Å²) >= 11 is 0. The molecule has 0 atom stereocenters. The summed E-state index contributed by atoms with van der Waals surface area (Å²) in [5, 5.41) is 32.9. The number of rotatable bonds is 3. The molecule has 3 N–H and O–H groups in total. The Morgan fingerprint density at radius 3 is 0.912 bits per heavy atom. The van der Waals surface area contributed by atoms with Gasteiger partial charge >= 0.3 is 0 Å². The molecule has 0 aromatic carbocycles. The van der Waals surface area contributed by atoms with Gasteiger partial charge in [-0.3, -0.25) is 28.8 Å². The van der Waals surface area contributed by atoms with Gasteiger partial charge in [0, 0.05) is 33.8 Å². The zero-order valence-electron chi connectivity index (χ0n) is 16.9. The predicted octanol–water partition coefficient (Wildman–Crippen LogP) is 0.240. The number of oxime groups is 3. The summed E-state index contributed by atoms with van der Waals surface area (Å²) in [6, 6.07) is 0. The van der Waals surface area contributed by atoms with Gasteiger partial charge in [0.15, 0.2) is 17.1 Å². The van der Waals surface area contributed by atoms with E-state index in [4.69, 9.17) is 15.6 Å². The van der Waals surface area contributed by atoms with Crippen molar-refractivity contribution in [1.82, 2.24) is 0 Å². The normalized spacial score (nSPS) is 19.6. The van der Waals surface area contributed by atoms with Crippen LogP contribution in [-0.4, -0.2) is 69.0 Å². The van der Waals surface area contributed by atoms with Crippen LogP contribution in [0.15, 0.2) is 86.9 Å². The molecule has 0 amide bonds. The topological polar surface area (TPSA) is 200 Å². The van der Waals surface area contributed by atoms with Gasteiger partial charge in [0.05, 0.1) is 0 Å². The van der Waals surface area contributed by atoms with Crippen LogP contribution in [0.2, 0.25) is 0 Å². The van der Waals surface area contributed by atoms with Gasteiger partial charge in [0.25, 0.3) is 0 Å². The number of ketones is 3. The van der Waals surface area contributed by atoms with Crippen LogP contribution in [0, 0.1) is 0 Å². The Morgan fingerprint density at radius 2 is 0.735 bits per heavy atom. The molecule has 0 saturated heterocycles. The Morgan fingerprint density at radius 1 is 0.500 bits per heavy atom. The zero-order valence-corrected chi connectivity index (χ0v) is 18.0. The van der Waals surface area contributed by atoms with E-state index < -0.39 is 17.3 Å². The number of nitrogens with zero attached hydrogens (tertiary/aromatic N) is 3. The summed E-state index contributed by atoms with van der Waals surface area (Å²) < 4.78 is 0. The van der Waals surface area contributed by atoms with E-state index in [9.17, 15) is 28.8 Å². The average Bonchev–Trinajstić information content (AvgIpc) is 2.85. The first-order valence-electron chi connectivity index (χ1n) is 8.67. The fraction of sp³-hybridized carbons (Fsp3) is 0. The number of aldehydes is 3. The summed E-state index contributed by atoms with van der Waals surface area (Å²) in [6.45, 7) is 0. The molecule has 0 bridgehead atoms. The molecule has 0 heterocycles. The average molecular weight is 509 g/mol. The number of hydrogen-bond donors (Lipinski definition) is 3. The minimum atomic E-state index is -0.405. The molecule has 3 aliphatic rings. The van der Waals surface area contributed by atoms with Gasteiger partial charge in [-0.25, -0.2) is 0 Å². The summed E-state index contributed by atoms with van der Waals surface area (Å²) in [7, 11) is 0. The van der Waals surface area contributed by atoms with Gasteiger partial charge in [-0.1, -0.05) is 15.5 Å². The first kappa shape index (κ1) is 29.4. The number of carbonyl (C=O) groups is 6. The molecule has 3 rings (SSSR count). The minimum absolute atomic E-state index is 0. The Bertz CT molecular complexity index is 1010. The van der Waals surface area contributed by atoms with Crippen molar-refractivity contribution in [3.63, 3.8) is 0 Å². The maximum absolute atomic E-state index is 10.7. The molecule has 176 valence electrons. The van der Waals surface area contributed by atoms with Crippen LogP contribution in [0.5, 0.6) is 0 Å². The van der Waals surface area contributed by atoms with E-state index in [1.807, 2.05) is 0 Å². The molecule has 0 aromatic rings. The summed E-state index contributed by atoms with van der Waals surface area (Å²) in [5.74, 6) is -1.21. The molecule has 13 heteroatoms. The van der Waals surface area contributed by atoms with Crippen molar-refractivity contribution in [1.29, 1.82) is 0 Å². The molecule has 0 aromatic heterocycles. The fourth-order valence-corrected chi connectivity index (χ4v) is 2.06. The molecular formula is C21H15FeN3O9. The van der Waals surface area contributed by atoms with Crippen LogP contribution in [0.3, 0.4) is 0 Å². The second kappa shape index (κ2) is 15.2. The Labute approximate surface area is 201 Å². The van der Waals surface area contributed by atoms with E-state index >= 15 is 0 Å². The second-order valence-electron chi connectivity index (χ2n) is 5.84. The molecule has 0 fully saturated rings. The fourth-order valence-electron chi connectivity index (χ4n) is 2.06. The van der Waals surface area contributed by atoms with Crippen molar-refractivity contribution in [2.45, 2.75) is 0 Å². The van der Waals surface area contributed by atoms with E-state index in [2.05, 4.69) is 15.5 Å². The number of carbonyl (C=O) groups excluding carboxylic acids is 6. The Kier molecular flexibility index (Phi) is 13.2. The van der Waals surface area contributed by atoms with Crippen LogP contribution in [-0.2, 0) is 45.8 Å². The third-order valence-electron chi connectivity index (χ3n) is 3.68. The summed E-state index contributed by atoms with van der Waals surface area (Å²) in [5.41, 5.74) is 0.603. The van der Waals surface area contributed by atoms with Gasteiger partial charge in [0.2, 0.25) is 17.3 Å². The van der Waals surface area contributed by atoms with Crippen LogP contribution < -0.4 is 0 Å². The third kappa shape index (κ3) is 8.86. The number of allylic oxidation sites excluding steroid dienone is 12. The van der Waals surface area contributed by atoms with Gasteiger partial charge in [-0.05, 0) is 54.7 Å². The molecule has 12 nitrogen and oxygen atoms in total. The van der Waals surface area contributed by atoms with E-state index in [1.165, 1.54) is 54.7 Å². The molecular weight excluding hydrogens is 494 g/mol. The van der Waals surface area contributed by atoms with Crippen molar-refractivity contribution in [3.05, 3.63) is 71.4 Å². The smallest absolute Gasteiger partial charge is 0.207 e. The van der Waals surface area contributed by atoms with E-state index in [0.29, 0.717) is 35.6 Å². The molecule has 0 saturated carbocycles. The van der Waals surface area contributed by atoms with Crippen LogP contribution in [0.4, 0.5) is 0 Å². The Hall–Kier alpha value is -4.61. The van der Waals surface area contributed by atoms with Crippen LogP contribution >= 0.6 is 0 Å². The monoisotopic (exact) mass is 509 g/mol. The first-order valence-corrected chi connectivity index (χ1v) is 8.67. The van der Waals surface area contributed by atoms with Crippen LogP contribution in [0.1, 0.15) is 0 Å². The van der Waals surface area contributed by atoms with E-state index in [-0.39, 0.29) is 34.2 Å². The van der Waals surface area contributed by atoms with Gasteiger partial charge in [0.1, 0.15) is 18.9 Å². The van der Waals surface area contributed by atoms with E-state index in [1.54, 1.807) is 0 Å².